The molecule has 28 heavy (non-hydrogen) atoms. The fourth-order valence-corrected chi connectivity index (χ4v) is 3.27. The lowest BCUT2D eigenvalue weighted by atomic mass is 9.92. The van der Waals surface area contributed by atoms with E-state index in [1.807, 2.05) is 0 Å². The predicted octanol–water partition coefficient (Wildman–Crippen LogP) is 4.93. The first-order valence-corrected chi connectivity index (χ1v) is 9.48. The SMILES string of the molecule is C/C=C/[C@@H](OC(=O)[C@@](OC)(c1ccccc1)C(F)(F)F)[C@H]1O[C@H]1CCCCC. The summed E-state index contributed by atoms with van der Waals surface area (Å²) in [6, 6.07) is 6.79. The maximum atomic E-state index is 14.0. The summed E-state index contributed by atoms with van der Waals surface area (Å²) in [5.74, 6) is -1.50. The van der Waals surface area contributed by atoms with Crippen LogP contribution in [-0.4, -0.2) is 37.6 Å². The number of ether oxygens (including phenoxy) is 3. The maximum Gasteiger partial charge on any atom is 0.432 e. The Hall–Kier alpha value is -1.86. The van der Waals surface area contributed by atoms with Crippen molar-refractivity contribution in [2.45, 2.75) is 69.6 Å². The highest BCUT2D eigenvalue weighted by atomic mass is 19.4. The van der Waals surface area contributed by atoms with E-state index in [4.69, 9.17) is 14.2 Å². The quantitative estimate of drug-likeness (QED) is 0.242. The molecule has 1 aromatic rings. The largest absolute Gasteiger partial charge is 0.453 e. The molecule has 0 unspecified atom stereocenters. The summed E-state index contributed by atoms with van der Waals surface area (Å²) in [5, 5.41) is 0. The highest BCUT2D eigenvalue weighted by molar-refractivity contribution is 5.83. The summed E-state index contributed by atoms with van der Waals surface area (Å²) in [5.41, 5.74) is -3.52. The van der Waals surface area contributed by atoms with E-state index in [2.05, 4.69) is 6.92 Å². The first-order valence-electron chi connectivity index (χ1n) is 9.48. The Kier molecular flexibility index (Phi) is 7.66. The second kappa shape index (κ2) is 9.56. The zero-order valence-corrected chi connectivity index (χ0v) is 16.4. The van der Waals surface area contributed by atoms with Gasteiger partial charge in [0.05, 0.1) is 6.10 Å². The minimum Gasteiger partial charge on any atom is -0.453 e. The summed E-state index contributed by atoms with van der Waals surface area (Å²) >= 11 is 0. The third-order valence-corrected chi connectivity index (χ3v) is 4.84. The van der Waals surface area contributed by atoms with Gasteiger partial charge in [0.1, 0.15) is 12.2 Å². The number of unbranched alkanes of at least 4 members (excludes halogenated alkanes) is 2. The molecule has 0 aliphatic carbocycles. The molecule has 0 bridgehead atoms. The van der Waals surface area contributed by atoms with E-state index in [1.165, 1.54) is 24.3 Å². The number of halogens is 3. The molecule has 0 N–H and O–H groups in total. The van der Waals surface area contributed by atoms with Crippen LogP contribution in [0.5, 0.6) is 0 Å². The third kappa shape index (κ3) is 4.75. The van der Waals surface area contributed by atoms with E-state index in [0.29, 0.717) is 0 Å². The van der Waals surface area contributed by atoms with Crippen molar-refractivity contribution in [1.29, 1.82) is 0 Å². The Morgan fingerprint density at radius 1 is 1.25 bits per heavy atom. The standard InChI is InChI=1S/C21H27F3O4/c1-4-6-8-14-17-18(27-17)16(11-5-2)28-19(25)20(26-3,21(22,23)24)15-12-9-7-10-13-15/h5,7,9-13,16-18H,4,6,8,14H2,1-3H3/b11-5+/t16-,17+,18-,20+/m1/s1. The van der Waals surface area contributed by atoms with Crippen LogP contribution in [-0.2, 0) is 24.6 Å². The van der Waals surface area contributed by atoms with Crippen LogP contribution < -0.4 is 0 Å². The first kappa shape index (κ1) is 22.4. The van der Waals surface area contributed by atoms with Gasteiger partial charge in [-0.1, -0.05) is 62.6 Å². The van der Waals surface area contributed by atoms with Crippen LogP contribution in [0.4, 0.5) is 13.2 Å². The Labute approximate surface area is 163 Å². The lowest BCUT2D eigenvalue weighted by Crippen LogP contribution is -2.52. The molecular formula is C21H27F3O4. The summed E-state index contributed by atoms with van der Waals surface area (Å²) in [7, 11) is 0.855. The summed E-state index contributed by atoms with van der Waals surface area (Å²) < 4.78 is 57.5. The molecule has 1 aliphatic rings. The monoisotopic (exact) mass is 400 g/mol. The van der Waals surface area contributed by atoms with Gasteiger partial charge in [0.25, 0.3) is 5.60 Å². The number of rotatable bonds is 10. The molecule has 1 fully saturated rings. The van der Waals surface area contributed by atoms with Crippen LogP contribution in [0.15, 0.2) is 42.5 Å². The van der Waals surface area contributed by atoms with Gasteiger partial charge < -0.3 is 14.2 Å². The van der Waals surface area contributed by atoms with Gasteiger partial charge in [0.2, 0.25) is 0 Å². The van der Waals surface area contributed by atoms with E-state index in [0.717, 1.165) is 32.8 Å². The fraction of sp³-hybridized carbons (Fsp3) is 0.571. The number of hydrogen-bond acceptors (Lipinski definition) is 4. The Bertz CT molecular complexity index is 659. The number of benzene rings is 1. The molecule has 156 valence electrons. The molecule has 1 saturated heterocycles. The zero-order valence-electron chi connectivity index (χ0n) is 16.4. The topological polar surface area (TPSA) is 48.1 Å². The van der Waals surface area contributed by atoms with Crippen molar-refractivity contribution in [1.82, 2.24) is 0 Å². The second-order valence-electron chi connectivity index (χ2n) is 6.78. The number of carbonyl (C=O) groups excluding carboxylic acids is 1. The molecular weight excluding hydrogens is 373 g/mol. The van der Waals surface area contributed by atoms with E-state index in [-0.39, 0.29) is 11.7 Å². The molecule has 0 aromatic heterocycles. The van der Waals surface area contributed by atoms with Crippen LogP contribution in [0.25, 0.3) is 0 Å². The van der Waals surface area contributed by atoms with Gasteiger partial charge in [-0.2, -0.15) is 13.2 Å². The predicted molar refractivity (Wildman–Crippen MR) is 98.7 cm³/mol. The van der Waals surface area contributed by atoms with E-state index < -0.39 is 30.0 Å². The lowest BCUT2D eigenvalue weighted by molar-refractivity contribution is -0.277. The Morgan fingerprint density at radius 3 is 2.46 bits per heavy atom. The van der Waals surface area contributed by atoms with Gasteiger partial charge in [-0.05, 0) is 19.4 Å². The number of alkyl halides is 3. The molecule has 4 nitrogen and oxygen atoms in total. The second-order valence-corrected chi connectivity index (χ2v) is 6.78. The molecule has 2 rings (SSSR count). The van der Waals surface area contributed by atoms with Crippen LogP contribution in [0.2, 0.25) is 0 Å². The summed E-state index contributed by atoms with van der Waals surface area (Å²) in [4.78, 5) is 12.8. The van der Waals surface area contributed by atoms with Crippen LogP contribution in [0.3, 0.4) is 0 Å². The van der Waals surface area contributed by atoms with Crippen molar-refractivity contribution in [2.24, 2.45) is 0 Å². The number of carbonyl (C=O) groups is 1. The average Bonchev–Trinajstić information content (AvgIpc) is 3.42. The van der Waals surface area contributed by atoms with E-state index in [1.54, 1.807) is 25.1 Å². The number of allylic oxidation sites excluding steroid dienone is 1. The van der Waals surface area contributed by atoms with Crippen LogP contribution in [0, 0.1) is 0 Å². The summed E-state index contributed by atoms with van der Waals surface area (Å²) in [6.07, 6.45) is 0.600. The summed E-state index contributed by atoms with van der Waals surface area (Å²) in [6.45, 7) is 3.79. The molecule has 1 heterocycles. The minimum atomic E-state index is -4.99. The molecule has 7 heteroatoms. The van der Waals surface area contributed by atoms with Crippen molar-refractivity contribution in [3.63, 3.8) is 0 Å². The molecule has 1 aliphatic heterocycles. The first-order chi connectivity index (χ1) is 13.3. The molecule has 0 amide bonds. The number of esters is 1. The van der Waals surface area contributed by atoms with Crippen molar-refractivity contribution in [3.8, 4) is 0 Å². The van der Waals surface area contributed by atoms with Crippen molar-refractivity contribution < 1.29 is 32.2 Å². The lowest BCUT2D eigenvalue weighted by Gasteiger charge is -2.33. The highest BCUT2D eigenvalue weighted by Gasteiger charge is 2.64. The third-order valence-electron chi connectivity index (χ3n) is 4.84. The fourth-order valence-electron chi connectivity index (χ4n) is 3.27. The molecule has 4 atom stereocenters. The molecule has 1 aromatic carbocycles. The van der Waals surface area contributed by atoms with Crippen LogP contribution in [0.1, 0.15) is 45.1 Å². The van der Waals surface area contributed by atoms with Gasteiger partial charge in [-0.3, -0.25) is 0 Å². The average molecular weight is 400 g/mol. The number of epoxide rings is 1. The molecule has 0 radical (unpaired) electrons. The molecule has 0 saturated carbocycles. The Morgan fingerprint density at radius 2 is 1.93 bits per heavy atom. The smallest absolute Gasteiger partial charge is 0.432 e. The Balaban J connectivity index is 2.22. The normalized spacial score (nSPS) is 22.6. The van der Waals surface area contributed by atoms with Gasteiger partial charge in [-0.25, -0.2) is 4.79 Å². The van der Waals surface area contributed by atoms with Gasteiger partial charge >= 0.3 is 12.1 Å². The minimum absolute atomic E-state index is 0.111. The van der Waals surface area contributed by atoms with E-state index >= 15 is 0 Å². The van der Waals surface area contributed by atoms with Gasteiger partial charge in [0.15, 0.2) is 0 Å². The van der Waals surface area contributed by atoms with E-state index in [9.17, 15) is 18.0 Å². The maximum absolute atomic E-state index is 14.0. The van der Waals surface area contributed by atoms with Crippen molar-refractivity contribution in [3.05, 3.63) is 48.0 Å². The highest BCUT2D eigenvalue weighted by Crippen LogP contribution is 2.44. The number of methoxy groups -OCH3 is 1. The van der Waals surface area contributed by atoms with Gasteiger partial charge in [-0.15, -0.1) is 0 Å². The zero-order chi connectivity index (χ0) is 20.8. The number of hydrogen-bond donors (Lipinski definition) is 0. The van der Waals surface area contributed by atoms with Gasteiger partial charge in [0, 0.05) is 12.7 Å². The van der Waals surface area contributed by atoms with Crippen molar-refractivity contribution >= 4 is 5.97 Å². The van der Waals surface area contributed by atoms with Crippen molar-refractivity contribution in [2.75, 3.05) is 7.11 Å². The van der Waals surface area contributed by atoms with Crippen LogP contribution >= 0.6 is 0 Å². The molecule has 0 spiro atoms.